The number of nitrogens with zero attached hydrogens (tertiary/aromatic N) is 1. The molecule has 1 aliphatic rings. The van der Waals surface area contributed by atoms with E-state index in [9.17, 15) is 4.79 Å². The molecule has 0 bridgehead atoms. The number of rotatable bonds is 1. The Balaban J connectivity index is 0.00000169. The molecule has 0 aliphatic carbocycles. The van der Waals surface area contributed by atoms with Crippen molar-refractivity contribution in [2.24, 2.45) is 5.41 Å². The van der Waals surface area contributed by atoms with Crippen LogP contribution >= 0.6 is 0 Å². The molecule has 1 fully saturated rings. The average Bonchev–Trinajstić information content (AvgIpc) is 2.13. The van der Waals surface area contributed by atoms with Gasteiger partial charge in [-0.05, 0) is 26.9 Å². The van der Waals surface area contributed by atoms with Crippen molar-refractivity contribution in [2.75, 3.05) is 7.05 Å². The number of likely N-dealkylation sites (N-methyl/N-ethyl adjacent to an activating group) is 1. The number of carbonyl (C=O) groups excluding carboxylic acids is 1. The van der Waals surface area contributed by atoms with Gasteiger partial charge in [-0.3, -0.25) is 15.1 Å². The summed E-state index contributed by atoms with van der Waals surface area (Å²) in [5.74, 6) is 0.205. The molecule has 2 unspecified atom stereocenters. The molecule has 1 radical (unpaired) electrons. The van der Waals surface area contributed by atoms with E-state index in [1.807, 2.05) is 14.0 Å². The molecule has 1 heterocycles. The third-order valence-electron chi connectivity index (χ3n) is 3.70. The molecular weight excluding hydrogens is 213 g/mol. The SMILES string of the molecule is [CH2-]C1([CH2-])CC(C)(C(C)=O)N(C)C1C.[V+2]. The third kappa shape index (κ3) is 1.93. The summed E-state index contributed by atoms with van der Waals surface area (Å²) in [4.78, 5) is 13.6. The van der Waals surface area contributed by atoms with E-state index in [-0.39, 0.29) is 41.3 Å². The van der Waals surface area contributed by atoms with Gasteiger partial charge in [0, 0.05) is 0 Å². The first-order valence-corrected chi connectivity index (χ1v) is 4.66. The molecule has 2 atom stereocenters. The minimum Gasteiger partial charge on any atom is -0.365 e. The number of hydrogen-bond acceptors (Lipinski definition) is 2. The van der Waals surface area contributed by atoms with Crippen LogP contribution in [0.15, 0.2) is 0 Å². The van der Waals surface area contributed by atoms with Crippen LogP contribution in [0.5, 0.6) is 0 Å². The van der Waals surface area contributed by atoms with Crippen LogP contribution in [0.1, 0.15) is 27.2 Å². The van der Waals surface area contributed by atoms with Crippen LogP contribution in [-0.4, -0.2) is 29.3 Å². The van der Waals surface area contributed by atoms with Crippen molar-refractivity contribution in [3.8, 4) is 0 Å². The van der Waals surface area contributed by atoms with E-state index in [4.69, 9.17) is 0 Å². The Morgan fingerprint density at radius 1 is 1.50 bits per heavy atom. The van der Waals surface area contributed by atoms with Gasteiger partial charge in [-0.2, -0.15) is 0 Å². The fourth-order valence-corrected chi connectivity index (χ4v) is 2.17. The summed E-state index contributed by atoms with van der Waals surface area (Å²) in [6.07, 6.45) is 0.743. The number of ketones is 1. The summed E-state index contributed by atoms with van der Waals surface area (Å²) >= 11 is 0. The molecule has 0 saturated carbocycles. The molecule has 1 saturated heterocycles. The van der Waals surface area contributed by atoms with Gasteiger partial charge in [0.2, 0.25) is 0 Å². The fourth-order valence-electron chi connectivity index (χ4n) is 2.17. The van der Waals surface area contributed by atoms with Crippen LogP contribution in [0.2, 0.25) is 0 Å². The summed E-state index contributed by atoms with van der Waals surface area (Å²) in [6, 6.07) is 0.251. The van der Waals surface area contributed by atoms with E-state index in [2.05, 4.69) is 25.7 Å². The number of carbonyl (C=O) groups is 1. The summed E-state index contributed by atoms with van der Waals surface area (Å²) < 4.78 is 0. The summed E-state index contributed by atoms with van der Waals surface area (Å²) in [7, 11) is 1.98. The van der Waals surface area contributed by atoms with Gasteiger partial charge in [0.15, 0.2) is 0 Å². The van der Waals surface area contributed by atoms with Crippen LogP contribution in [0.25, 0.3) is 0 Å². The van der Waals surface area contributed by atoms with Crippen molar-refractivity contribution in [3.05, 3.63) is 13.8 Å². The second kappa shape index (κ2) is 4.00. The molecule has 0 aromatic rings. The van der Waals surface area contributed by atoms with Gasteiger partial charge in [0.1, 0.15) is 5.78 Å². The Hall–Kier alpha value is 0.214. The number of likely N-dealkylation sites (tertiary alicyclic amines) is 1. The van der Waals surface area contributed by atoms with Crippen LogP contribution in [0.4, 0.5) is 0 Å². The molecular formula is C11H19NOV. The Kier molecular flexibility index (Phi) is 4.06. The summed E-state index contributed by atoms with van der Waals surface area (Å²) in [5.41, 5.74) is -0.627. The predicted octanol–water partition coefficient (Wildman–Crippen LogP) is 1.71. The van der Waals surface area contributed by atoms with Gasteiger partial charge >= 0.3 is 18.6 Å². The average molecular weight is 232 g/mol. The molecule has 0 N–H and O–H groups in total. The first-order valence-electron chi connectivity index (χ1n) is 4.66. The van der Waals surface area contributed by atoms with Crippen molar-refractivity contribution < 1.29 is 23.4 Å². The number of Topliss-reactive ketones (excluding diaryl/α,β-unsaturated/α-hetero) is 1. The van der Waals surface area contributed by atoms with Gasteiger partial charge < -0.3 is 13.8 Å². The smallest absolute Gasteiger partial charge is 0.365 e. The second-order valence-electron chi connectivity index (χ2n) is 4.66. The van der Waals surface area contributed by atoms with Crippen molar-refractivity contribution in [1.29, 1.82) is 0 Å². The van der Waals surface area contributed by atoms with Crippen LogP contribution in [0, 0.1) is 19.3 Å². The Morgan fingerprint density at radius 3 is 2.07 bits per heavy atom. The molecule has 1 aliphatic heterocycles. The van der Waals surface area contributed by atoms with Crippen LogP contribution in [-0.2, 0) is 23.4 Å². The summed E-state index contributed by atoms with van der Waals surface area (Å²) in [5, 5.41) is 0. The Morgan fingerprint density at radius 2 is 1.93 bits per heavy atom. The van der Waals surface area contributed by atoms with Gasteiger partial charge in [-0.1, -0.05) is 13.3 Å². The number of hydrogen-bond donors (Lipinski definition) is 0. The zero-order valence-electron chi connectivity index (χ0n) is 9.50. The Labute approximate surface area is 99.3 Å². The van der Waals surface area contributed by atoms with Gasteiger partial charge in [-0.25, -0.2) is 0 Å². The van der Waals surface area contributed by atoms with Crippen LogP contribution in [0.3, 0.4) is 0 Å². The maximum absolute atomic E-state index is 11.5. The van der Waals surface area contributed by atoms with E-state index < -0.39 is 0 Å². The van der Waals surface area contributed by atoms with E-state index >= 15 is 0 Å². The van der Waals surface area contributed by atoms with Gasteiger partial charge in [0.05, 0.1) is 5.54 Å². The molecule has 0 aromatic heterocycles. The maximum Gasteiger partial charge on any atom is 2.00 e. The van der Waals surface area contributed by atoms with E-state index in [0.29, 0.717) is 0 Å². The molecule has 2 nitrogen and oxygen atoms in total. The molecule has 0 aromatic carbocycles. The first kappa shape index (κ1) is 14.2. The minimum atomic E-state index is -0.372. The van der Waals surface area contributed by atoms with E-state index in [1.54, 1.807) is 6.92 Å². The van der Waals surface area contributed by atoms with E-state index in [0.717, 1.165) is 6.42 Å². The van der Waals surface area contributed by atoms with Crippen molar-refractivity contribution in [3.63, 3.8) is 0 Å². The quantitative estimate of drug-likeness (QED) is 0.641. The zero-order valence-corrected chi connectivity index (χ0v) is 10.9. The largest absolute Gasteiger partial charge is 2.00 e. The molecule has 1 rings (SSSR count). The molecule has 79 valence electrons. The van der Waals surface area contributed by atoms with Crippen LogP contribution < -0.4 is 0 Å². The standard InChI is InChI=1S/C11H19NO.V/c1-8-10(3,4)7-11(5,9(2)13)12(8)6;/h8H,3-4,7H2,1-2,5-6H3;/q-2;+2. The zero-order chi connectivity index (χ0) is 10.4. The second-order valence-corrected chi connectivity index (χ2v) is 4.66. The van der Waals surface area contributed by atoms with Crippen molar-refractivity contribution in [1.82, 2.24) is 4.90 Å². The van der Waals surface area contributed by atoms with Crippen molar-refractivity contribution >= 4 is 5.78 Å². The Bertz CT molecular complexity index is 239. The topological polar surface area (TPSA) is 20.3 Å². The molecule has 14 heavy (non-hydrogen) atoms. The molecule has 0 amide bonds. The van der Waals surface area contributed by atoms with E-state index in [1.165, 1.54) is 0 Å². The normalized spacial score (nSPS) is 36.6. The first-order chi connectivity index (χ1) is 5.72. The summed E-state index contributed by atoms with van der Waals surface area (Å²) in [6.45, 7) is 13.8. The maximum atomic E-state index is 11.5. The predicted molar refractivity (Wildman–Crippen MR) is 54.1 cm³/mol. The van der Waals surface area contributed by atoms with Gasteiger partial charge in [-0.15, -0.1) is 0 Å². The van der Waals surface area contributed by atoms with Crippen molar-refractivity contribution in [2.45, 2.75) is 38.8 Å². The third-order valence-corrected chi connectivity index (χ3v) is 3.70. The molecule has 0 spiro atoms. The van der Waals surface area contributed by atoms with Gasteiger partial charge in [0.25, 0.3) is 0 Å². The monoisotopic (exact) mass is 232 g/mol. The molecule has 3 heteroatoms. The minimum absolute atomic E-state index is 0. The fraction of sp³-hybridized carbons (Fsp3) is 0.727.